The van der Waals surface area contributed by atoms with Crippen molar-refractivity contribution in [3.8, 4) is 0 Å². The molecule has 0 heterocycles. The Hall–Kier alpha value is -0.570. The lowest BCUT2D eigenvalue weighted by atomic mass is 10.3. The Balaban J connectivity index is 3.49. The molecule has 0 aromatic carbocycles. The summed E-state index contributed by atoms with van der Waals surface area (Å²) in [5.41, 5.74) is 0. The molecule has 1 atom stereocenters. The van der Waals surface area contributed by atoms with E-state index >= 15 is 0 Å². The maximum Gasteiger partial charge on any atom is 0.218 e. The SMILES string of the molecule is CCCC(NC)NC(C)=O. The number of hydrogen-bond acceptors (Lipinski definition) is 2. The second-order valence-corrected chi connectivity index (χ2v) is 2.33. The standard InChI is InChI=1S/C7H16N2O/c1-4-5-7(8-3)9-6(2)10/h7-8H,4-5H2,1-3H3,(H,9,10). The molecule has 10 heavy (non-hydrogen) atoms. The van der Waals surface area contributed by atoms with E-state index < -0.39 is 0 Å². The van der Waals surface area contributed by atoms with Gasteiger partial charge in [-0.05, 0) is 13.5 Å². The second kappa shape index (κ2) is 5.23. The van der Waals surface area contributed by atoms with Crippen LogP contribution in [0.4, 0.5) is 0 Å². The Morgan fingerprint density at radius 3 is 2.50 bits per heavy atom. The summed E-state index contributed by atoms with van der Waals surface area (Å²) in [5.74, 6) is 0.0211. The quantitative estimate of drug-likeness (QED) is 0.563. The van der Waals surface area contributed by atoms with E-state index in [2.05, 4.69) is 17.6 Å². The lowest BCUT2D eigenvalue weighted by Crippen LogP contribution is -2.42. The molecule has 2 N–H and O–H groups in total. The van der Waals surface area contributed by atoms with Crippen LogP contribution in [0, 0.1) is 0 Å². The molecule has 0 aromatic rings. The molecule has 1 unspecified atom stereocenters. The minimum absolute atomic E-state index is 0.0211. The normalized spacial score (nSPS) is 12.7. The Bertz CT molecular complexity index is 104. The molecule has 1 amide bonds. The van der Waals surface area contributed by atoms with Crippen molar-refractivity contribution in [1.82, 2.24) is 10.6 Å². The summed E-state index contributed by atoms with van der Waals surface area (Å²) in [6.45, 7) is 3.62. The van der Waals surface area contributed by atoms with Crippen molar-refractivity contribution in [3.63, 3.8) is 0 Å². The molecule has 0 aliphatic rings. The zero-order valence-electron chi connectivity index (χ0n) is 6.90. The Morgan fingerprint density at radius 1 is 1.60 bits per heavy atom. The summed E-state index contributed by atoms with van der Waals surface area (Å²) in [5, 5.41) is 5.78. The minimum atomic E-state index is 0.0211. The van der Waals surface area contributed by atoms with Crippen LogP contribution in [0.25, 0.3) is 0 Å². The van der Waals surface area contributed by atoms with Gasteiger partial charge >= 0.3 is 0 Å². The number of nitrogens with one attached hydrogen (secondary N) is 2. The highest BCUT2D eigenvalue weighted by Crippen LogP contribution is 1.90. The van der Waals surface area contributed by atoms with Crippen LogP contribution in [0.5, 0.6) is 0 Å². The van der Waals surface area contributed by atoms with Gasteiger partial charge in [0.2, 0.25) is 5.91 Å². The Kier molecular flexibility index (Phi) is 4.94. The van der Waals surface area contributed by atoms with Crippen LogP contribution < -0.4 is 10.6 Å². The summed E-state index contributed by atoms with van der Waals surface area (Å²) >= 11 is 0. The predicted octanol–water partition coefficient (Wildman–Crippen LogP) is 0.468. The third-order valence-electron chi connectivity index (χ3n) is 1.30. The molecule has 0 spiro atoms. The van der Waals surface area contributed by atoms with Crippen LogP contribution in [0.1, 0.15) is 26.7 Å². The predicted molar refractivity (Wildman–Crippen MR) is 41.6 cm³/mol. The highest BCUT2D eigenvalue weighted by molar-refractivity contribution is 5.73. The van der Waals surface area contributed by atoms with Crippen LogP contribution in [0.15, 0.2) is 0 Å². The molecule has 0 radical (unpaired) electrons. The molecule has 0 aliphatic carbocycles. The maximum atomic E-state index is 10.5. The monoisotopic (exact) mass is 144 g/mol. The van der Waals surface area contributed by atoms with Gasteiger partial charge in [-0.1, -0.05) is 13.3 Å². The molecule has 3 heteroatoms. The van der Waals surface area contributed by atoms with Crippen molar-refractivity contribution in [3.05, 3.63) is 0 Å². The van der Waals surface area contributed by atoms with Crippen molar-refractivity contribution in [2.45, 2.75) is 32.9 Å². The Morgan fingerprint density at radius 2 is 2.20 bits per heavy atom. The van der Waals surface area contributed by atoms with Crippen molar-refractivity contribution in [1.29, 1.82) is 0 Å². The van der Waals surface area contributed by atoms with Crippen LogP contribution in [0.2, 0.25) is 0 Å². The van der Waals surface area contributed by atoms with Gasteiger partial charge in [0.05, 0.1) is 6.17 Å². The van der Waals surface area contributed by atoms with Gasteiger partial charge in [-0.3, -0.25) is 4.79 Å². The molecule has 60 valence electrons. The average molecular weight is 144 g/mol. The third-order valence-corrected chi connectivity index (χ3v) is 1.30. The average Bonchev–Trinajstić information content (AvgIpc) is 1.86. The van der Waals surface area contributed by atoms with Gasteiger partial charge in [0, 0.05) is 6.92 Å². The van der Waals surface area contributed by atoms with E-state index in [4.69, 9.17) is 0 Å². The van der Waals surface area contributed by atoms with E-state index in [-0.39, 0.29) is 12.1 Å². The van der Waals surface area contributed by atoms with Gasteiger partial charge in [0.25, 0.3) is 0 Å². The smallest absolute Gasteiger partial charge is 0.218 e. The topological polar surface area (TPSA) is 41.1 Å². The summed E-state index contributed by atoms with van der Waals surface area (Å²) < 4.78 is 0. The van der Waals surface area contributed by atoms with Crippen molar-refractivity contribution >= 4 is 5.91 Å². The van der Waals surface area contributed by atoms with Crippen LogP contribution in [0.3, 0.4) is 0 Å². The van der Waals surface area contributed by atoms with Gasteiger partial charge in [-0.25, -0.2) is 0 Å². The fraction of sp³-hybridized carbons (Fsp3) is 0.857. The van der Waals surface area contributed by atoms with Gasteiger partial charge in [-0.15, -0.1) is 0 Å². The van der Waals surface area contributed by atoms with E-state index in [1.165, 1.54) is 6.92 Å². The first kappa shape index (κ1) is 9.43. The molecule has 0 rings (SSSR count). The second-order valence-electron chi connectivity index (χ2n) is 2.33. The molecule has 0 saturated heterocycles. The molecular formula is C7H16N2O. The summed E-state index contributed by atoms with van der Waals surface area (Å²) in [6.07, 6.45) is 2.20. The molecule has 0 saturated carbocycles. The lowest BCUT2D eigenvalue weighted by Gasteiger charge is -2.15. The van der Waals surface area contributed by atoms with Crippen molar-refractivity contribution < 1.29 is 4.79 Å². The van der Waals surface area contributed by atoms with E-state index in [0.29, 0.717) is 0 Å². The van der Waals surface area contributed by atoms with Gasteiger partial charge < -0.3 is 10.6 Å². The van der Waals surface area contributed by atoms with Crippen molar-refractivity contribution in [2.75, 3.05) is 7.05 Å². The number of hydrogen-bond donors (Lipinski definition) is 2. The first-order valence-corrected chi connectivity index (χ1v) is 3.65. The molecular weight excluding hydrogens is 128 g/mol. The Labute approximate surface area is 62.2 Å². The highest BCUT2D eigenvalue weighted by atomic mass is 16.1. The number of amides is 1. The van der Waals surface area contributed by atoms with Gasteiger partial charge in [-0.2, -0.15) is 0 Å². The fourth-order valence-electron chi connectivity index (χ4n) is 0.823. The van der Waals surface area contributed by atoms with E-state index in [9.17, 15) is 4.79 Å². The highest BCUT2D eigenvalue weighted by Gasteiger charge is 2.03. The number of rotatable bonds is 4. The largest absolute Gasteiger partial charge is 0.341 e. The minimum Gasteiger partial charge on any atom is -0.341 e. The molecule has 3 nitrogen and oxygen atoms in total. The first-order chi connectivity index (χ1) is 4.70. The summed E-state index contributed by atoms with van der Waals surface area (Å²) in [6, 6.07) is 0. The fourth-order valence-corrected chi connectivity index (χ4v) is 0.823. The number of carbonyl (C=O) groups is 1. The van der Waals surface area contributed by atoms with Crippen LogP contribution >= 0.6 is 0 Å². The van der Waals surface area contributed by atoms with Crippen molar-refractivity contribution in [2.24, 2.45) is 0 Å². The summed E-state index contributed by atoms with van der Waals surface area (Å²) in [7, 11) is 1.84. The van der Waals surface area contributed by atoms with Crippen LogP contribution in [-0.4, -0.2) is 19.1 Å². The van der Waals surface area contributed by atoms with Gasteiger partial charge in [0.1, 0.15) is 0 Å². The zero-order chi connectivity index (χ0) is 7.98. The zero-order valence-corrected chi connectivity index (χ0v) is 6.90. The lowest BCUT2D eigenvalue weighted by molar-refractivity contribution is -0.119. The van der Waals surface area contributed by atoms with Crippen LogP contribution in [-0.2, 0) is 4.79 Å². The van der Waals surface area contributed by atoms with E-state index in [0.717, 1.165) is 12.8 Å². The molecule has 0 fully saturated rings. The first-order valence-electron chi connectivity index (χ1n) is 3.65. The molecule has 0 aliphatic heterocycles. The van der Waals surface area contributed by atoms with E-state index in [1.54, 1.807) is 0 Å². The number of carbonyl (C=O) groups excluding carboxylic acids is 1. The van der Waals surface area contributed by atoms with Gasteiger partial charge in [0.15, 0.2) is 0 Å². The maximum absolute atomic E-state index is 10.5. The third kappa shape index (κ3) is 4.32. The molecule has 0 bridgehead atoms. The summed E-state index contributed by atoms with van der Waals surface area (Å²) in [4.78, 5) is 10.5. The molecule has 0 aromatic heterocycles. The van der Waals surface area contributed by atoms with E-state index in [1.807, 2.05) is 7.05 Å².